The molecule has 6 heteroatoms. The van der Waals surface area contributed by atoms with Gasteiger partial charge in [0.2, 0.25) is 0 Å². The molecule has 0 aliphatic rings. The summed E-state index contributed by atoms with van der Waals surface area (Å²) >= 11 is 0. The first-order chi connectivity index (χ1) is 10.4. The number of nitrogens with zero attached hydrogens (tertiary/aromatic N) is 3. The molecular formula is C16H13FN4O. The Hall–Kier alpha value is -3.12. The van der Waals surface area contributed by atoms with E-state index in [1.165, 1.54) is 12.1 Å². The third-order valence-electron chi connectivity index (χ3n) is 3.28. The fourth-order valence-corrected chi connectivity index (χ4v) is 2.26. The topological polar surface area (TPSA) is 83.7 Å². The van der Waals surface area contributed by atoms with Crippen molar-refractivity contribution in [2.75, 3.05) is 19.0 Å². The number of rotatable bonds is 2. The molecule has 0 bridgehead atoms. The van der Waals surface area contributed by atoms with Crippen molar-refractivity contribution in [1.82, 2.24) is 4.98 Å². The van der Waals surface area contributed by atoms with Crippen LogP contribution in [-0.2, 0) is 0 Å². The number of aromatic amines is 1. The molecule has 1 N–H and O–H groups in total. The van der Waals surface area contributed by atoms with Crippen molar-refractivity contribution in [3.8, 4) is 23.3 Å². The second-order valence-electron chi connectivity index (χ2n) is 5.01. The van der Waals surface area contributed by atoms with Gasteiger partial charge in [0, 0.05) is 30.9 Å². The van der Waals surface area contributed by atoms with E-state index in [4.69, 9.17) is 5.26 Å². The second-order valence-corrected chi connectivity index (χ2v) is 5.01. The zero-order valence-electron chi connectivity index (χ0n) is 12.4. The molecule has 0 fully saturated rings. The lowest BCUT2D eigenvalue weighted by molar-refractivity contribution is 0.627. The molecule has 1 aromatic carbocycles. The number of nitriles is 2. The van der Waals surface area contributed by atoms with Gasteiger partial charge in [-0.1, -0.05) is 0 Å². The Bertz CT molecular complexity index is 885. The molecule has 0 saturated carbocycles. The molecule has 0 amide bonds. The average molecular weight is 296 g/mol. The largest absolute Gasteiger partial charge is 0.377 e. The quantitative estimate of drug-likeness (QED) is 0.921. The van der Waals surface area contributed by atoms with Gasteiger partial charge in [0.15, 0.2) is 5.82 Å². The van der Waals surface area contributed by atoms with Crippen LogP contribution in [-0.4, -0.2) is 19.1 Å². The normalized spacial score (nSPS) is 9.91. The molecule has 5 nitrogen and oxygen atoms in total. The predicted molar refractivity (Wildman–Crippen MR) is 81.0 cm³/mol. The summed E-state index contributed by atoms with van der Waals surface area (Å²) in [5, 5.41) is 18.4. The van der Waals surface area contributed by atoms with Crippen molar-refractivity contribution in [3.05, 3.63) is 51.2 Å². The van der Waals surface area contributed by atoms with E-state index in [1.807, 2.05) is 6.07 Å². The minimum absolute atomic E-state index is 0.0629. The van der Waals surface area contributed by atoms with Gasteiger partial charge in [-0.05, 0) is 25.1 Å². The number of aromatic nitrogens is 1. The Morgan fingerprint density at radius 1 is 1.14 bits per heavy atom. The molecule has 0 aliphatic heterocycles. The maximum absolute atomic E-state index is 14.7. The molecular weight excluding hydrogens is 283 g/mol. The summed E-state index contributed by atoms with van der Waals surface area (Å²) in [6, 6.07) is 8.21. The summed E-state index contributed by atoms with van der Waals surface area (Å²) in [6.07, 6.45) is 0. The molecule has 110 valence electrons. The molecule has 0 aliphatic carbocycles. The number of pyridine rings is 1. The summed E-state index contributed by atoms with van der Waals surface area (Å²) < 4.78 is 14.7. The van der Waals surface area contributed by atoms with Gasteiger partial charge in [0.05, 0.1) is 5.69 Å². The summed E-state index contributed by atoms with van der Waals surface area (Å²) in [7, 11) is 3.40. The van der Waals surface area contributed by atoms with Gasteiger partial charge in [0.25, 0.3) is 5.56 Å². The summed E-state index contributed by atoms with van der Waals surface area (Å²) in [4.78, 5) is 16.0. The van der Waals surface area contributed by atoms with Crippen LogP contribution in [0.1, 0.15) is 16.8 Å². The van der Waals surface area contributed by atoms with Gasteiger partial charge in [-0.15, -0.1) is 0 Å². The van der Waals surface area contributed by atoms with E-state index < -0.39 is 11.4 Å². The van der Waals surface area contributed by atoms with Crippen LogP contribution in [0.3, 0.4) is 0 Å². The van der Waals surface area contributed by atoms with Gasteiger partial charge in [-0.25, -0.2) is 4.39 Å². The lowest BCUT2D eigenvalue weighted by Crippen LogP contribution is -2.14. The molecule has 0 unspecified atom stereocenters. The highest BCUT2D eigenvalue weighted by Crippen LogP contribution is 2.31. The summed E-state index contributed by atoms with van der Waals surface area (Å²) in [6.45, 7) is 1.64. The maximum atomic E-state index is 14.7. The second kappa shape index (κ2) is 5.71. The van der Waals surface area contributed by atoms with Crippen LogP contribution >= 0.6 is 0 Å². The monoisotopic (exact) mass is 296 g/mol. The van der Waals surface area contributed by atoms with E-state index in [-0.39, 0.29) is 22.3 Å². The molecule has 0 saturated heterocycles. The van der Waals surface area contributed by atoms with Crippen LogP contribution in [0.25, 0.3) is 11.1 Å². The van der Waals surface area contributed by atoms with Gasteiger partial charge in [-0.2, -0.15) is 10.5 Å². The molecule has 1 aromatic heterocycles. The Morgan fingerprint density at radius 3 is 2.32 bits per heavy atom. The summed E-state index contributed by atoms with van der Waals surface area (Å²) in [5.74, 6) is -0.741. The average Bonchev–Trinajstić information content (AvgIpc) is 2.45. The van der Waals surface area contributed by atoms with Crippen LogP contribution < -0.4 is 10.5 Å². The first kappa shape index (κ1) is 15.3. The molecule has 22 heavy (non-hydrogen) atoms. The van der Waals surface area contributed by atoms with E-state index in [0.29, 0.717) is 11.4 Å². The minimum Gasteiger partial charge on any atom is -0.377 e. The number of halogens is 1. The van der Waals surface area contributed by atoms with E-state index in [1.54, 1.807) is 38.1 Å². The third-order valence-corrected chi connectivity index (χ3v) is 3.28. The van der Waals surface area contributed by atoms with E-state index >= 15 is 0 Å². The van der Waals surface area contributed by atoms with Gasteiger partial charge in [0.1, 0.15) is 23.3 Å². The number of nitrogens with one attached hydrogen (secondary N) is 1. The van der Waals surface area contributed by atoms with Crippen LogP contribution in [0.5, 0.6) is 0 Å². The molecule has 2 rings (SSSR count). The lowest BCUT2D eigenvalue weighted by Gasteiger charge is -2.16. The number of hydrogen-bond acceptors (Lipinski definition) is 4. The van der Waals surface area contributed by atoms with Crippen molar-refractivity contribution < 1.29 is 4.39 Å². The van der Waals surface area contributed by atoms with Gasteiger partial charge >= 0.3 is 0 Å². The number of anilines is 1. The van der Waals surface area contributed by atoms with E-state index in [9.17, 15) is 14.4 Å². The van der Waals surface area contributed by atoms with Gasteiger partial charge in [-0.3, -0.25) is 4.79 Å². The molecule has 1 heterocycles. The number of benzene rings is 1. The number of hydrogen-bond donors (Lipinski definition) is 1. The van der Waals surface area contributed by atoms with Crippen LogP contribution in [0.15, 0.2) is 23.0 Å². The number of aryl methyl sites for hydroxylation is 1. The molecule has 0 atom stereocenters. The van der Waals surface area contributed by atoms with Crippen LogP contribution in [0.2, 0.25) is 0 Å². The smallest absolute Gasteiger partial charge is 0.266 e. The first-order valence-corrected chi connectivity index (χ1v) is 6.45. The molecule has 2 aromatic rings. The summed E-state index contributed by atoms with van der Waals surface area (Å²) in [5.41, 5.74) is 0.316. The zero-order chi connectivity index (χ0) is 16.4. The van der Waals surface area contributed by atoms with E-state index in [2.05, 4.69) is 4.98 Å². The van der Waals surface area contributed by atoms with Crippen molar-refractivity contribution >= 4 is 5.69 Å². The number of H-pyrrole nitrogens is 1. The zero-order valence-corrected chi connectivity index (χ0v) is 12.4. The van der Waals surface area contributed by atoms with Crippen LogP contribution in [0, 0.1) is 35.4 Å². The minimum atomic E-state index is -0.741. The standard InChI is InChI=1S/C16H13FN4O/c1-9-6-11(12(7-18)16(22)20-9)10-4-5-14(21(2)3)13(8-19)15(10)17/h4-6H,1-3H3,(H,20,22). The Kier molecular flexibility index (Phi) is 3.96. The Morgan fingerprint density at radius 2 is 1.77 bits per heavy atom. The van der Waals surface area contributed by atoms with Crippen molar-refractivity contribution in [2.45, 2.75) is 6.92 Å². The highest BCUT2D eigenvalue weighted by Gasteiger charge is 2.19. The SMILES string of the molecule is Cc1cc(-c2ccc(N(C)C)c(C#N)c2F)c(C#N)c(=O)[nH]1. The Labute approximate surface area is 126 Å². The van der Waals surface area contributed by atoms with Crippen molar-refractivity contribution in [3.63, 3.8) is 0 Å². The molecule has 0 spiro atoms. The molecule has 0 radical (unpaired) electrons. The fourth-order valence-electron chi connectivity index (χ4n) is 2.26. The van der Waals surface area contributed by atoms with E-state index in [0.717, 1.165) is 0 Å². The third kappa shape index (κ3) is 2.43. The van der Waals surface area contributed by atoms with Gasteiger partial charge < -0.3 is 9.88 Å². The first-order valence-electron chi connectivity index (χ1n) is 6.45. The maximum Gasteiger partial charge on any atom is 0.266 e. The lowest BCUT2D eigenvalue weighted by atomic mass is 9.97. The van der Waals surface area contributed by atoms with Crippen molar-refractivity contribution in [2.24, 2.45) is 0 Å². The highest BCUT2D eigenvalue weighted by molar-refractivity contribution is 5.76. The Balaban J connectivity index is 2.84. The highest BCUT2D eigenvalue weighted by atomic mass is 19.1. The fraction of sp³-hybridized carbons (Fsp3) is 0.188. The van der Waals surface area contributed by atoms with Crippen molar-refractivity contribution in [1.29, 1.82) is 10.5 Å². The predicted octanol–water partition coefficient (Wildman–Crippen LogP) is 2.30. The van der Waals surface area contributed by atoms with Crippen LogP contribution in [0.4, 0.5) is 10.1 Å².